The van der Waals surface area contributed by atoms with Gasteiger partial charge in [0.15, 0.2) is 0 Å². The SMILES string of the molecule is CCCCCCCCCCCCC/C=C/CC/C=C/C(O)C(COP(=O)([O-])OCC[N+](C)(C)C)NC(=O)CCCCCCCCCCCCCCC. The summed E-state index contributed by atoms with van der Waals surface area (Å²) in [7, 11) is 1.25. The second-order valence-electron chi connectivity index (χ2n) is 16.0. The highest BCUT2D eigenvalue weighted by molar-refractivity contribution is 7.45. The fourth-order valence-corrected chi connectivity index (χ4v) is 6.89. The van der Waals surface area contributed by atoms with E-state index in [2.05, 4.69) is 31.3 Å². The predicted octanol–water partition coefficient (Wildman–Crippen LogP) is 11.1. The zero-order chi connectivity index (χ0) is 38.6. The van der Waals surface area contributed by atoms with Gasteiger partial charge in [0.2, 0.25) is 5.91 Å². The largest absolute Gasteiger partial charge is 0.756 e. The van der Waals surface area contributed by atoms with E-state index < -0.39 is 20.0 Å². The van der Waals surface area contributed by atoms with Gasteiger partial charge in [0.05, 0.1) is 39.9 Å². The van der Waals surface area contributed by atoms with Gasteiger partial charge in [0, 0.05) is 6.42 Å². The van der Waals surface area contributed by atoms with Crippen molar-refractivity contribution in [2.45, 2.75) is 206 Å². The van der Waals surface area contributed by atoms with Crippen LogP contribution in [-0.2, 0) is 18.4 Å². The van der Waals surface area contributed by atoms with E-state index in [1.807, 2.05) is 27.2 Å². The van der Waals surface area contributed by atoms with Crippen molar-refractivity contribution >= 4 is 13.7 Å². The molecule has 0 saturated carbocycles. The summed E-state index contributed by atoms with van der Waals surface area (Å²) in [5.41, 5.74) is 0. The molecule has 3 unspecified atom stereocenters. The lowest BCUT2D eigenvalue weighted by Crippen LogP contribution is -2.45. The summed E-state index contributed by atoms with van der Waals surface area (Å²) >= 11 is 0. The molecule has 52 heavy (non-hydrogen) atoms. The van der Waals surface area contributed by atoms with Gasteiger partial charge >= 0.3 is 0 Å². The predicted molar refractivity (Wildman–Crippen MR) is 219 cm³/mol. The molecule has 0 aromatic heterocycles. The normalized spacial score (nSPS) is 14.7. The Balaban J connectivity index is 4.49. The molecule has 0 aliphatic rings. The van der Waals surface area contributed by atoms with E-state index in [1.165, 1.54) is 135 Å². The third kappa shape index (κ3) is 37.3. The third-order valence-electron chi connectivity index (χ3n) is 9.66. The molecular weight excluding hydrogens is 671 g/mol. The van der Waals surface area contributed by atoms with Crippen LogP contribution in [0.2, 0.25) is 0 Å². The number of quaternary nitrogens is 1. The number of aliphatic hydroxyl groups is 1. The van der Waals surface area contributed by atoms with E-state index in [0.29, 0.717) is 17.4 Å². The van der Waals surface area contributed by atoms with Crippen LogP contribution in [0.1, 0.15) is 194 Å². The Kier molecular flexibility index (Phi) is 35.0. The molecule has 0 aliphatic heterocycles. The maximum Gasteiger partial charge on any atom is 0.268 e. The van der Waals surface area contributed by atoms with Crippen LogP contribution >= 0.6 is 7.82 Å². The van der Waals surface area contributed by atoms with Crippen LogP contribution in [0.25, 0.3) is 0 Å². The lowest BCUT2D eigenvalue weighted by Gasteiger charge is -2.29. The number of phosphoric acid groups is 1. The van der Waals surface area contributed by atoms with Gasteiger partial charge in [-0.25, -0.2) is 0 Å². The summed E-state index contributed by atoms with van der Waals surface area (Å²) in [6.07, 6.45) is 40.8. The quantitative estimate of drug-likeness (QED) is 0.0280. The minimum absolute atomic E-state index is 0.00439. The van der Waals surface area contributed by atoms with Crippen molar-refractivity contribution in [1.82, 2.24) is 5.32 Å². The number of hydrogen-bond donors (Lipinski definition) is 2. The van der Waals surface area contributed by atoms with Crippen molar-refractivity contribution in [2.75, 3.05) is 40.9 Å². The molecule has 0 heterocycles. The Labute approximate surface area is 322 Å². The highest BCUT2D eigenvalue weighted by Crippen LogP contribution is 2.38. The van der Waals surface area contributed by atoms with Gasteiger partial charge < -0.3 is 28.8 Å². The first-order valence-corrected chi connectivity index (χ1v) is 23.2. The number of unbranched alkanes of at least 4 members (excludes halogenated alkanes) is 24. The van der Waals surface area contributed by atoms with E-state index >= 15 is 0 Å². The molecule has 0 aromatic rings. The third-order valence-corrected chi connectivity index (χ3v) is 10.6. The van der Waals surface area contributed by atoms with Gasteiger partial charge in [-0.05, 0) is 32.1 Å². The Morgan fingerprint density at radius 2 is 1.08 bits per heavy atom. The number of amides is 1. The van der Waals surface area contributed by atoms with E-state index in [-0.39, 0.29) is 19.1 Å². The molecule has 0 bridgehead atoms. The first kappa shape index (κ1) is 51.0. The summed E-state index contributed by atoms with van der Waals surface area (Å²) in [6.45, 7) is 4.62. The van der Waals surface area contributed by atoms with Crippen LogP contribution in [0.4, 0.5) is 0 Å². The maximum absolute atomic E-state index is 12.8. The number of rotatable bonds is 39. The number of carbonyl (C=O) groups excluding carboxylic acids is 1. The number of carbonyl (C=O) groups is 1. The van der Waals surface area contributed by atoms with Gasteiger partial charge in [-0.2, -0.15) is 0 Å². The van der Waals surface area contributed by atoms with Crippen LogP contribution in [0.15, 0.2) is 24.3 Å². The molecule has 0 radical (unpaired) electrons. The van der Waals surface area contributed by atoms with Gasteiger partial charge in [0.1, 0.15) is 13.2 Å². The number of allylic oxidation sites excluding steroid dienone is 3. The molecule has 1 amide bonds. The molecule has 8 nitrogen and oxygen atoms in total. The Hall–Kier alpha value is -1.02. The van der Waals surface area contributed by atoms with Crippen LogP contribution in [0.3, 0.4) is 0 Å². The number of aliphatic hydroxyl groups excluding tert-OH is 1. The average Bonchev–Trinajstić information content (AvgIpc) is 3.09. The highest BCUT2D eigenvalue weighted by atomic mass is 31.2. The second kappa shape index (κ2) is 35.7. The smallest absolute Gasteiger partial charge is 0.268 e. The summed E-state index contributed by atoms with van der Waals surface area (Å²) in [5, 5.41) is 13.7. The van der Waals surface area contributed by atoms with Gasteiger partial charge in [-0.3, -0.25) is 9.36 Å². The molecule has 0 saturated heterocycles. The highest BCUT2D eigenvalue weighted by Gasteiger charge is 2.23. The first-order valence-electron chi connectivity index (χ1n) is 21.7. The zero-order valence-electron chi connectivity index (χ0n) is 34.8. The summed E-state index contributed by atoms with van der Waals surface area (Å²) in [5.74, 6) is -0.207. The molecule has 0 aliphatic carbocycles. The van der Waals surface area contributed by atoms with E-state index in [0.717, 1.165) is 38.5 Å². The fraction of sp³-hybridized carbons (Fsp3) is 0.884. The molecule has 2 N–H and O–H groups in total. The molecule has 3 atom stereocenters. The summed E-state index contributed by atoms with van der Waals surface area (Å²) < 4.78 is 23.1. The van der Waals surface area contributed by atoms with Crippen molar-refractivity contribution < 1.29 is 32.9 Å². The monoisotopic (exact) mass is 757 g/mol. The average molecular weight is 757 g/mol. The van der Waals surface area contributed by atoms with E-state index in [4.69, 9.17) is 9.05 Å². The van der Waals surface area contributed by atoms with Crippen LogP contribution < -0.4 is 10.2 Å². The molecule has 0 spiro atoms. The van der Waals surface area contributed by atoms with Crippen LogP contribution in [-0.4, -0.2) is 68.5 Å². The lowest BCUT2D eigenvalue weighted by molar-refractivity contribution is -0.870. The molecule has 9 heteroatoms. The standard InChI is InChI=1S/C43H85N2O6P/c1-6-8-10-12-14-16-18-20-21-22-23-25-26-28-30-32-34-36-42(46)41(40-51-52(48,49)50-39-38-45(3,4)5)44-43(47)37-35-33-31-29-27-24-19-17-15-13-11-9-7-2/h26,28,34,36,41-42,46H,6-25,27,29-33,35,37-40H2,1-5H3,(H-,44,47,48,49)/b28-26+,36-34+. The minimum Gasteiger partial charge on any atom is -0.756 e. The van der Waals surface area contributed by atoms with Crippen molar-refractivity contribution in [3.8, 4) is 0 Å². The summed E-state index contributed by atoms with van der Waals surface area (Å²) in [4.78, 5) is 25.2. The van der Waals surface area contributed by atoms with E-state index in [9.17, 15) is 19.4 Å². The van der Waals surface area contributed by atoms with Crippen molar-refractivity contribution in [2.24, 2.45) is 0 Å². The van der Waals surface area contributed by atoms with E-state index in [1.54, 1.807) is 6.08 Å². The number of likely N-dealkylation sites (N-methyl/N-ethyl adjacent to an activating group) is 1. The van der Waals surface area contributed by atoms with Crippen molar-refractivity contribution in [3.05, 3.63) is 24.3 Å². The minimum atomic E-state index is -4.59. The van der Waals surface area contributed by atoms with Gasteiger partial charge in [0.25, 0.3) is 7.82 Å². The van der Waals surface area contributed by atoms with Crippen molar-refractivity contribution in [3.63, 3.8) is 0 Å². The summed E-state index contributed by atoms with van der Waals surface area (Å²) in [6, 6.07) is -0.897. The lowest BCUT2D eigenvalue weighted by atomic mass is 10.0. The Morgan fingerprint density at radius 3 is 1.56 bits per heavy atom. The van der Waals surface area contributed by atoms with Gasteiger partial charge in [-0.1, -0.05) is 179 Å². The van der Waals surface area contributed by atoms with Crippen LogP contribution in [0, 0.1) is 0 Å². The Bertz CT molecular complexity index is 907. The number of phosphoric ester groups is 1. The molecule has 0 rings (SSSR count). The topological polar surface area (TPSA) is 108 Å². The number of nitrogens with zero attached hydrogens (tertiary/aromatic N) is 1. The number of hydrogen-bond acceptors (Lipinski definition) is 6. The Morgan fingerprint density at radius 1 is 0.654 bits per heavy atom. The molecular formula is C43H85N2O6P. The van der Waals surface area contributed by atoms with Crippen LogP contribution in [0.5, 0.6) is 0 Å². The first-order chi connectivity index (χ1) is 25.0. The maximum atomic E-state index is 12.8. The number of nitrogens with one attached hydrogen (secondary N) is 1. The van der Waals surface area contributed by atoms with Gasteiger partial charge in [-0.15, -0.1) is 0 Å². The fourth-order valence-electron chi connectivity index (χ4n) is 6.17. The zero-order valence-corrected chi connectivity index (χ0v) is 35.7. The molecule has 0 aromatic carbocycles. The second-order valence-corrected chi connectivity index (χ2v) is 17.5. The van der Waals surface area contributed by atoms with Crippen molar-refractivity contribution in [1.29, 1.82) is 0 Å². The molecule has 308 valence electrons. The molecule has 0 fully saturated rings.